The molecule has 1 aromatic carbocycles. The maximum Gasteiger partial charge on any atom is 0.227 e. The fourth-order valence-corrected chi connectivity index (χ4v) is 4.27. The minimum Gasteiger partial charge on any atom is -0.356 e. The molecule has 1 heterocycles. The van der Waals surface area contributed by atoms with Crippen LogP contribution in [0.4, 0.5) is 0 Å². The maximum absolute atomic E-state index is 13.1. The lowest BCUT2D eigenvalue weighted by Gasteiger charge is -2.40. The molecule has 1 aliphatic heterocycles. The first-order valence-corrected chi connectivity index (χ1v) is 9.78. The molecule has 2 atom stereocenters. The van der Waals surface area contributed by atoms with Crippen LogP contribution in [0, 0.1) is 12.8 Å². The van der Waals surface area contributed by atoms with Gasteiger partial charge in [0.25, 0.3) is 0 Å². The Bertz CT molecular complexity index is 614. The SMILES string of the molecule is Cc1ccccc1CC(=O)N1CCCCCNC(=O)[C@@H]2CCCC[C@@H]21. The van der Waals surface area contributed by atoms with Gasteiger partial charge in [0.1, 0.15) is 0 Å². The van der Waals surface area contributed by atoms with Crippen LogP contribution >= 0.6 is 0 Å². The van der Waals surface area contributed by atoms with Crippen LogP contribution in [-0.4, -0.2) is 35.8 Å². The zero-order valence-corrected chi connectivity index (χ0v) is 15.3. The Morgan fingerprint density at radius 2 is 1.92 bits per heavy atom. The highest BCUT2D eigenvalue weighted by molar-refractivity contribution is 5.83. The molecule has 4 heteroatoms. The zero-order valence-electron chi connectivity index (χ0n) is 15.3. The molecule has 1 aliphatic carbocycles. The van der Waals surface area contributed by atoms with E-state index in [0.717, 1.165) is 69.2 Å². The summed E-state index contributed by atoms with van der Waals surface area (Å²) >= 11 is 0. The van der Waals surface area contributed by atoms with Crippen molar-refractivity contribution in [2.24, 2.45) is 5.92 Å². The van der Waals surface area contributed by atoms with Crippen molar-refractivity contribution < 1.29 is 9.59 Å². The van der Waals surface area contributed by atoms with Gasteiger partial charge in [-0.1, -0.05) is 37.1 Å². The molecule has 1 saturated carbocycles. The van der Waals surface area contributed by atoms with Crippen LogP contribution in [0.3, 0.4) is 0 Å². The molecule has 0 unspecified atom stereocenters. The summed E-state index contributed by atoms with van der Waals surface area (Å²) in [5.74, 6) is 0.299. The van der Waals surface area contributed by atoms with E-state index < -0.39 is 0 Å². The Hall–Kier alpha value is -1.84. The number of hydrogen-bond acceptors (Lipinski definition) is 2. The van der Waals surface area contributed by atoms with E-state index in [1.807, 2.05) is 23.1 Å². The van der Waals surface area contributed by atoms with Crippen molar-refractivity contribution >= 4 is 11.8 Å². The van der Waals surface area contributed by atoms with Gasteiger partial charge in [0.05, 0.1) is 12.3 Å². The monoisotopic (exact) mass is 342 g/mol. The van der Waals surface area contributed by atoms with Gasteiger partial charge >= 0.3 is 0 Å². The van der Waals surface area contributed by atoms with Crippen LogP contribution < -0.4 is 5.32 Å². The van der Waals surface area contributed by atoms with Gasteiger partial charge < -0.3 is 10.2 Å². The molecule has 1 saturated heterocycles. The molecule has 0 spiro atoms. The second kappa shape index (κ2) is 8.50. The number of carbonyl (C=O) groups excluding carboxylic acids is 2. The molecule has 2 amide bonds. The van der Waals surface area contributed by atoms with Crippen molar-refractivity contribution in [2.75, 3.05) is 13.1 Å². The summed E-state index contributed by atoms with van der Waals surface area (Å²) in [5, 5.41) is 3.09. The van der Waals surface area contributed by atoms with Crippen molar-refractivity contribution in [3.05, 3.63) is 35.4 Å². The summed E-state index contributed by atoms with van der Waals surface area (Å²) in [6, 6.07) is 8.18. The number of carbonyl (C=O) groups is 2. The van der Waals surface area contributed by atoms with E-state index in [1.165, 1.54) is 0 Å². The second-order valence-electron chi connectivity index (χ2n) is 7.50. The van der Waals surface area contributed by atoms with Gasteiger partial charge in [0.2, 0.25) is 11.8 Å². The van der Waals surface area contributed by atoms with Crippen LogP contribution in [0.1, 0.15) is 56.1 Å². The van der Waals surface area contributed by atoms with E-state index in [2.05, 4.69) is 18.3 Å². The van der Waals surface area contributed by atoms with Crippen LogP contribution in [0.2, 0.25) is 0 Å². The van der Waals surface area contributed by atoms with Gasteiger partial charge in [0, 0.05) is 19.1 Å². The topological polar surface area (TPSA) is 49.4 Å². The predicted octanol–water partition coefficient (Wildman–Crippen LogP) is 3.23. The Morgan fingerprint density at radius 1 is 1.12 bits per heavy atom. The van der Waals surface area contributed by atoms with Gasteiger partial charge in [-0.15, -0.1) is 0 Å². The van der Waals surface area contributed by atoms with E-state index in [9.17, 15) is 9.59 Å². The van der Waals surface area contributed by atoms with Gasteiger partial charge in [-0.2, -0.15) is 0 Å². The smallest absolute Gasteiger partial charge is 0.227 e. The molecule has 0 aromatic heterocycles. The summed E-state index contributed by atoms with van der Waals surface area (Å²) in [7, 11) is 0. The largest absolute Gasteiger partial charge is 0.356 e. The Balaban J connectivity index is 1.80. The van der Waals surface area contributed by atoms with Gasteiger partial charge in [-0.3, -0.25) is 9.59 Å². The number of benzene rings is 1. The molecule has 136 valence electrons. The van der Waals surface area contributed by atoms with Gasteiger partial charge in [-0.05, 0) is 50.2 Å². The van der Waals surface area contributed by atoms with Crippen LogP contribution in [-0.2, 0) is 16.0 Å². The maximum atomic E-state index is 13.1. The predicted molar refractivity (Wildman–Crippen MR) is 99.2 cm³/mol. The standard InChI is InChI=1S/C21H30N2O2/c1-16-9-3-4-10-17(16)15-20(24)23-14-8-2-7-13-22-21(25)18-11-5-6-12-19(18)23/h3-4,9-10,18-19H,2,5-8,11-15H2,1H3,(H,22,25)/t18-,19+/m1/s1. The van der Waals surface area contributed by atoms with E-state index in [0.29, 0.717) is 6.42 Å². The van der Waals surface area contributed by atoms with Crippen molar-refractivity contribution in [3.63, 3.8) is 0 Å². The molecule has 2 aliphatic rings. The molecular weight excluding hydrogens is 312 g/mol. The average molecular weight is 342 g/mol. The molecular formula is C21H30N2O2. The molecule has 3 rings (SSSR count). The van der Waals surface area contributed by atoms with Gasteiger partial charge in [0.15, 0.2) is 0 Å². The number of nitrogens with zero attached hydrogens (tertiary/aromatic N) is 1. The number of aryl methyl sites for hydroxylation is 1. The first-order chi connectivity index (χ1) is 12.2. The highest BCUT2D eigenvalue weighted by Gasteiger charge is 2.37. The molecule has 2 fully saturated rings. The number of nitrogens with one attached hydrogen (secondary N) is 1. The van der Waals surface area contributed by atoms with Crippen LogP contribution in [0.15, 0.2) is 24.3 Å². The van der Waals surface area contributed by atoms with E-state index in [-0.39, 0.29) is 23.8 Å². The van der Waals surface area contributed by atoms with Crippen molar-refractivity contribution in [3.8, 4) is 0 Å². The van der Waals surface area contributed by atoms with Crippen molar-refractivity contribution in [1.82, 2.24) is 10.2 Å². The highest BCUT2D eigenvalue weighted by Crippen LogP contribution is 2.30. The molecule has 0 bridgehead atoms. The fraction of sp³-hybridized carbons (Fsp3) is 0.619. The number of amides is 2. The lowest BCUT2D eigenvalue weighted by Crippen LogP contribution is -2.52. The van der Waals surface area contributed by atoms with Crippen LogP contribution in [0.5, 0.6) is 0 Å². The Morgan fingerprint density at radius 3 is 2.76 bits per heavy atom. The summed E-state index contributed by atoms with van der Waals surface area (Å²) in [5.41, 5.74) is 2.26. The number of fused-ring (bicyclic) bond motifs is 1. The van der Waals surface area contributed by atoms with E-state index in [4.69, 9.17) is 0 Å². The number of hydrogen-bond donors (Lipinski definition) is 1. The molecule has 1 N–H and O–H groups in total. The highest BCUT2D eigenvalue weighted by atomic mass is 16.2. The van der Waals surface area contributed by atoms with E-state index in [1.54, 1.807) is 0 Å². The fourth-order valence-electron chi connectivity index (χ4n) is 4.27. The zero-order chi connectivity index (χ0) is 17.6. The lowest BCUT2D eigenvalue weighted by molar-refractivity contribution is -0.138. The Labute approximate surface area is 151 Å². The normalized spacial score (nSPS) is 25.0. The Kier molecular flexibility index (Phi) is 6.11. The molecule has 25 heavy (non-hydrogen) atoms. The summed E-state index contributed by atoms with van der Waals surface area (Å²) < 4.78 is 0. The third-order valence-corrected chi connectivity index (χ3v) is 5.76. The first kappa shape index (κ1) is 18.0. The van der Waals surface area contributed by atoms with Gasteiger partial charge in [-0.25, -0.2) is 0 Å². The average Bonchev–Trinajstić information content (AvgIpc) is 2.63. The third-order valence-electron chi connectivity index (χ3n) is 5.76. The van der Waals surface area contributed by atoms with Crippen molar-refractivity contribution in [2.45, 2.75) is 64.3 Å². The molecule has 1 aromatic rings. The second-order valence-corrected chi connectivity index (χ2v) is 7.50. The van der Waals surface area contributed by atoms with E-state index >= 15 is 0 Å². The molecule has 4 nitrogen and oxygen atoms in total. The van der Waals surface area contributed by atoms with Crippen LogP contribution in [0.25, 0.3) is 0 Å². The quantitative estimate of drug-likeness (QED) is 0.897. The third kappa shape index (κ3) is 4.42. The first-order valence-electron chi connectivity index (χ1n) is 9.78. The minimum atomic E-state index is -0.0346. The van der Waals surface area contributed by atoms with Crippen molar-refractivity contribution in [1.29, 1.82) is 0 Å². The molecule has 0 radical (unpaired) electrons. The number of rotatable bonds is 2. The summed E-state index contributed by atoms with van der Waals surface area (Å²) in [4.78, 5) is 27.8. The summed E-state index contributed by atoms with van der Waals surface area (Å²) in [6.45, 7) is 3.63. The summed E-state index contributed by atoms with van der Waals surface area (Å²) in [6.07, 6.45) is 7.60. The minimum absolute atomic E-state index is 0.0346. The lowest BCUT2D eigenvalue weighted by atomic mass is 9.82.